The van der Waals surface area contributed by atoms with Gasteiger partial charge in [-0.15, -0.1) is 0 Å². The Hall–Kier alpha value is -2.57. The number of nitrogens with one attached hydrogen (secondary N) is 3. The number of ether oxygens (including phenoxy) is 1. The Bertz CT molecular complexity index is 572. The first-order valence-corrected chi connectivity index (χ1v) is 6.60. The smallest absolute Gasteiger partial charge is 0.413 e. The molecule has 0 fully saturated rings. The minimum atomic E-state index is -0.533. The number of carbonyl (C=O) groups is 1. The molecule has 0 radical (unpaired) electrons. The van der Waals surface area contributed by atoms with Crippen molar-refractivity contribution in [3.05, 3.63) is 36.5 Å². The fraction of sp³-hybridized carbons (Fsp3) is 0.357. The van der Waals surface area contributed by atoms with Gasteiger partial charge in [-0.3, -0.25) is 5.32 Å². The summed E-state index contributed by atoms with van der Waals surface area (Å²) in [6.07, 6.45) is 4.58. The van der Waals surface area contributed by atoms with E-state index in [1.54, 1.807) is 24.7 Å². The molecule has 0 atom stereocenters. The molecule has 112 valence electrons. The molecule has 3 N–H and O–H groups in total. The molecule has 1 amide bonds. The molecule has 0 bridgehead atoms. The molecule has 21 heavy (non-hydrogen) atoms. The van der Waals surface area contributed by atoms with Crippen molar-refractivity contribution in [2.24, 2.45) is 0 Å². The van der Waals surface area contributed by atoms with Crippen LogP contribution in [0.1, 0.15) is 26.6 Å². The first-order chi connectivity index (χ1) is 9.92. The van der Waals surface area contributed by atoms with E-state index in [-0.39, 0.29) is 0 Å². The normalized spacial score (nSPS) is 11.0. The van der Waals surface area contributed by atoms with Crippen molar-refractivity contribution in [3.63, 3.8) is 0 Å². The minimum Gasteiger partial charge on any atom is -0.444 e. The second kappa shape index (κ2) is 6.25. The molecule has 7 heteroatoms. The molecule has 0 aliphatic rings. The lowest BCUT2D eigenvalue weighted by Crippen LogP contribution is -2.27. The van der Waals surface area contributed by atoms with E-state index in [1.165, 1.54) is 0 Å². The summed E-state index contributed by atoms with van der Waals surface area (Å²) in [6, 6.07) is 3.52. The number of hydrogen-bond acceptors (Lipinski definition) is 5. The third-order valence-corrected chi connectivity index (χ3v) is 2.41. The number of nitrogens with zero attached hydrogens (tertiary/aromatic N) is 2. The van der Waals surface area contributed by atoms with Crippen LogP contribution in [0.5, 0.6) is 0 Å². The van der Waals surface area contributed by atoms with Crippen molar-refractivity contribution in [2.45, 2.75) is 32.9 Å². The van der Waals surface area contributed by atoms with Crippen molar-refractivity contribution in [1.29, 1.82) is 0 Å². The Labute approximate surface area is 123 Å². The molecule has 2 rings (SSSR count). The number of aromatic amines is 1. The summed E-state index contributed by atoms with van der Waals surface area (Å²) >= 11 is 0. The summed E-state index contributed by atoms with van der Waals surface area (Å²) in [5.74, 6) is 1.28. The van der Waals surface area contributed by atoms with Gasteiger partial charge in [0.2, 0.25) is 0 Å². The molecule has 7 nitrogen and oxygen atoms in total. The fourth-order valence-corrected chi connectivity index (χ4v) is 1.56. The van der Waals surface area contributed by atoms with Gasteiger partial charge in [-0.2, -0.15) is 0 Å². The highest BCUT2D eigenvalue weighted by Crippen LogP contribution is 2.12. The SMILES string of the molecule is CC(C)(C)OC(=O)Nc1ccc(NCc2ncc[nH]2)cn1. The number of anilines is 2. The molecule has 2 aromatic heterocycles. The van der Waals surface area contributed by atoms with Crippen LogP contribution in [-0.2, 0) is 11.3 Å². The topological polar surface area (TPSA) is 91.9 Å². The second-order valence-electron chi connectivity index (χ2n) is 5.45. The van der Waals surface area contributed by atoms with Gasteiger partial charge in [0.15, 0.2) is 0 Å². The van der Waals surface area contributed by atoms with Gasteiger partial charge in [0.25, 0.3) is 0 Å². The maximum absolute atomic E-state index is 11.6. The second-order valence-corrected chi connectivity index (χ2v) is 5.45. The van der Waals surface area contributed by atoms with E-state index < -0.39 is 11.7 Å². The lowest BCUT2D eigenvalue weighted by Gasteiger charge is -2.19. The Kier molecular flexibility index (Phi) is 4.42. The highest BCUT2D eigenvalue weighted by atomic mass is 16.6. The lowest BCUT2D eigenvalue weighted by atomic mass is 10.2. The van der Waals surface area contributed by atoms with Crippen molar-refractivity contribution >= 4 is 17.6 Å². The van der Waals surface area contributed by atoms with E-state index in [2.05, 4.69) is 25.6 Å². The number of imidazole rings is 1. The zero-order valence-electron chi connectivity index (χ0n) is 12.3. The molecule has 2 aromatic rings. The number of carbonyl (C=O) groups excluding carboxylic acids is 1. The van der Waals surface area contributed by atoms with Crippen LogP contribution in [0.25, 0.3) is 0 Å². The first kappa shape index (κ1) is 14.8. The average molecular weight is 289 g/mol. The van der Waals surface area contributed by atoms with Gasteiger partial charge in [0.05, 0.1) is 18.4 Å². The molecule has 0 saturated heterocycles. The van der Waals surface area contributed by atoms with Crippen molar-refractivity contribution in [2.75, 3.05) is 10.6 Å². The molecular weight excluding hydrogens is 270 g/mol. The largest absolute Gasteiger partial charge is 0.444 e. The van der Waals surface area contributed by atoms with Crippen LogP contribution in [0.15, 0.2) is 30.7 Å². The van der Waals surface area contributed by atoms with Crippen molar-refractivity contribution in [3.8, 4) is 0 Å². The number of aromatic nitrogens is 3. The summed E-state index contributed by atoms with van der Waals surface area (Å²) in [5, 5.41) is 5.74. The van der Waals surface area contributed by atoms with Gasteiger partial charge < -0.3 is 15.0 Å². The van der Waals surface area contributed by atoms with Crippen LogP contribution in [0.3, 0.4) is 0 Å². The number of hydrogen-bond donors (Lipinski definition) is 3. The summed E-state index contributed by atoms with van der Waals surface area (Å²) in [6.45, 7) is 6.00. The number of pyridine rings is 1. The van der Waals surface area contributed by atoms with E-state index in [4.69, 9.17) is 4.74 Å². The molecule has 0 aliphatic heterocycles. The molecule has 2 heterocycles. The van der Waals surface area contributed by atoms with Crippen LogP contribution in [0.2, 0.25) is 0 Å². The van der Waals surface area contributed by atoms with E-state index >= 15 is 0 Å². The number of amides is 1. The Morgan fingerprint density at radius 3 is 2.71 bits per heavy atom. The summed E-state index contributed by atoms with van der Waals surface area (Å²) < 4.78 is 5.15. The predicted molar refractivity (Wildman–Crippen MR) is 80.0 cm³/mol. The number of H-pyrrole nitrogens is 1. The van der Waals surface area contributed by atoms with Gasteiger partial charge in [0, 0.05) is 12.4 Å². The van der Waals surface area contributed by atoms with Gasteiger partial charge >= 0.3 is 6.09 Å². The summed E-state index contributed by atoms with van der Waals surface area (Å²) in [4.78, 5) is 22.8. The maximum Gasteiger partial charge on any atom is 0.413 e. The maximum atomic E-state index is 11.6. The molecule has 0 unspecified atom stereocenters. The third-order valence-electron chi connectivity index (χ3n) is 2.41. The summed E-state index contributed by atoms with van der Waals surface area (Å²) in [5.41, 5.74) is 0.301. The van der Waals surface area contributed by atoms with Crippen LogP contribution < -0.4 is 10.6 Å². The zero-order valence-corrected chi connectivity index (χ0v) is 12.3. The Balaban J connectivity index is 1.85. The minimum absolute atomic E-state index is 0.438. The first-order valence-electron chi connectivity index (χ1n) is 6.60. The Morgan fingerprint density at radius 1 is 1.33 bits per heavy atom. The van der Waals surface area contributed by atoms with Gasteiger partial charge in [-0.25, -0.2) is 14.8 Å². The van der Waals surface area contributed by atoms with Crippen molar-refractivity contribution < 1.29 is 9.53 Å². The molecule has 0 aliphatic carbocycles. The van der Waals surface area contributed by atoms with E-state index in [1.807, 2.05) is 26.8 Å². The van der Waals surface area contributed by atoms with Gasteiger partial charge in [0.1, 0.15) is 17.2 Å². The van der Waals surface area contributed by atoms with Gasteiger partial charge in [-0.05, 0) is 32.9 Å². The third kappa shape index (κ3) is 5.13. The quantitative estimate of drug-likeness (QED) is 0.805. The zero-order chi connectivity index (χ0) is 15.3. The molecular formula is C14H19N5O2. The van der Waals surface area contributed by atoms with Gasteiger partial charge in [-0.1, -0.05) is 0 Å². The van der Waals surface area contributed by atoms with E-state index in [0.717, 1.165) is 11.5 Å². The highest BCUT2D eigenvalue weighted by Gasteiger charge is 2.16. The van der Waals surface area contributed by atoms with Crippen LogP contribution >= 0.6 is 0 Å². The van der Waals surface area contributed by atoms with E-state index in [0.29, 0.717) is 12.4 Å². The van der Waals surface area contributed by atoms with Crippen LogP contribution in [-0.4, -0.2) is 26.6 Å². The average Bonchev–Trinajstić information content (AvgIpc) is 2.89. The van der Waals surface area contributed by atoms with Crippen LogP contribution in [0, 0.1) is 0 Å². The van der Waals surface area contributed by atoms with Crippen molar-refractivity contribution in [1.82, 2.24) is 15.0 Å². The standard InChI is InChI=1S/C14H19N5O2/c1-14(2,3)21-13(20)19-11-5-4-10(8-18-11)17-9-12-15-6-7-16-12/h4-8,17H,9H2,1-3H3,(H,15,16)(H,18,19,20). The number of rotatable bonds is 4. The van der Waals surface area contributed by atoms with E-state index in [9.17, 15) is 4.79 Å². The monoisotopic (exact) mass is 289 g/mol. The lowest BCUT2D eigenvalue weighted by molar-refractivity contribution is 0.0635. The van der Waals surface area contributed by atoms with Crippen LogP contribution in [0.4, 0.5) is 16.3 Å². The summed E-state index contributed by atoms with van der Waals surface area (Å²) in [7, 11) is 0. The predicted octanol–water partition coefficient (Wildman–Crippen LogP) is 2.76. The Morgan fingerprint density at radius 2 is 2.14 bits per heavy atom. The molecule has 0 spiro atoms. The fourth-order valence-electron chi connectivity index (χ4n) is 1.56. The molecule has 0 saturated carbocycles. The highest BCUT2D eigenvalue weighted by molar-refractivity contribution is 5.83. The molecule has 0 aromatic carbocycles.